The highest BCUT2D eigenvalue weighted by Crippen LogP contribution is 2.30. The highest BCUT2D eigenvalue weighted by atomic mass is 19.1. The normalized spacial score (nSPS) is 22.8. The second kappa shape index (κ2) is 7.04. The van der Waals surface area contributed by atoms with E-state index in [1.807, 2.05) is 0 Å². The lowest BCUT2D eigenvalue weighted by Crippen LogP contribution is -2.50. The summed E-state index contributed by atoms with van der Waals surface area (Å²) >= 11 is 0. The molecule has 0 aliphatic carbocycles. The number of aliphatic carboxylic acids is 1. The van der Waals surface area contributed by atoms with E-state index in [2.05, 4.69) is 20.1 Å². The van der Waals surface area contributed by atoms with Crippen LogP contribution in [0.15, 0.2) is 30.2 Å². The molecule has 1 fully saturated rings. The minimum atomic E-state index is -2.67. The average molecular weight is 365 g/mol. The Morgan fingerprint density at radius 1 is 1.50 bits per heavy atom. The summed E-state index contributed by atoms with van der Waals surface area (Å²) in [5.41, 5.74) is 1.12. The van der Waals surface area contributed by atoms with Crippen LogP contribution in [-0.4, -0.2) is 67.9 Å². The largest absolute Gasteiger partial charge is 0.477 e. The van der Waals surface area contributed by atoms with Gasteiger partial charge in [-0.3, -0.25) is 14.8 Å². The van der Waals surface area contributed by atoms with Crippen molar-refractivity contribution in [1.82, 2.24) is 25.2 Å². The van der Waals surface area contributed by atoms with Crippen molar-refractivity contribution < 1.29 is 28.7 Å². The smallest absolute Gasteiger partial charge is 0.368 e. The summed E-state index contributed by atoms with van der Waals surface area (Å²) in [6, 6.07) is -2.33. The van der Waals surface area contributed by atoms with Gasteiger partial charge in [0.05, 0.1) is 31.0 Å². The molecule has 138 valence electrons. The standard InChI is InChI=1S/C15H16FN5O5/c1-8-4-10-7-20(15(25)21(10)26-12(16)14(23)24)11(8)13(22)19-6-9-5-17-2-3-18-9/h2-5,10-12H,6-7H2,1H3,(H,19,22)(H,23,24)/t10-,11-,12?/m0/s1. The lowest BCUT2D eigenvalue weighted by atomic mass is 10.00. The minimum Gasteiger partial charge on any atom is -0.477 e. The number of hydrogen-bond acceptors (Lipinski definition) is 6. The third kappa shape index (κ3) is 3.33. The number of nitrogens with one attached hydrogen (secondary N) is 1. The molecule has 1 aromatic heterocycles. The van der Waals surface area contributed by atoms with Crippen LogP contribution < -0.4 is 5.32 Å². The molecule has 0 spiro atoms. The highest BCUT2D eigenvalue weighted by Gasteiger charge is 2.48. The van der Waals surface area contributed by atoms with E-state index in [1.165, 1.54) is 23.5 Å². The van der Waals surface area contributed by atoms with Gasteiger partial charge in [-0.25, -0.2) is 18.8 Å². The number of halogens is 1. The average Bonchev–Trinajstić information content (AvgIpc) is 2.86. The molecule has 3 atom stereocenters. The van der Waals surface area contributed by atoms with Crippen LogP contribution in [0.2, 0.25) is 0 Å². The van der Waals surface area contributed by atoms with Crippen LogP contribution in [0.5, 0.6) is 0 Å². The van der Waals surface area contributed by atoms with Crippen LogP contribution in [0.25, 0.3) is 0 Å². The Balaban J connectivity index is 1.70. The fraction of sp³-hybridized carbons (Fsp3) is 0.400. The number of aromatic nitrogens is 2. The van der Waals surface area contributed by atoms with E-state index in [0.717, 1.165) is 0 Å². The van der Waals surface area contributed by atoms with Crippen molar-refractivity contribution in [3.63, 3.8) is 0 Å². The fourth-order valence-corrected chi connectivity index (χ4v) is 2.91. The third-order valence-electron chi connectivity index (χ3n) is 4.03. The van der Waals surface area contributed by atoms with Gasteiger partial charge in [-0.1, -0.05) is 6.08 Å². The van der Waals surface area contributed by atoms with Gasteiger partial charge in [-0.2, -0.15) is 5.06 Å². The number of carbonyl (C=O) groups excluding carboxylic acids is 2. The molecule has 3 amide bonds. The van der Waals surface area contributed by atoms with E-state index in [-0.39, 0.29) is 13.1 Å². The minimum absolute atomic E-state index is 0.0890. The first kappa shape index (κ1) is 17.7. The van der Waals surface area contributed by atoms with Crippen molar-refractivity contribution in [3.05, 3.63) is 35.9 Å². The van der Waals surface area contributed by atoms with Crippen LogP contribution in [-0.2, 0) is 21.0 Å². The molecule has 0 saturated carbocycles. The third-order valence-corrected chi connectivity index (χ3v) is 4.03. The summed E-state index contributed by atoms with van der Waals surface area (Å²) in [5, 5.41) is 11.9. The first-order valence-corrected chi connectivity index (χ1v) is 7.73. The number of rotatable bonds is 6. The highest BCUT2D eigenvalue weighted by molar-refractivity contribution is 5.91. The molecule has 2 aliphatic heterocycles. The number of nitrogens with zero attached hydrogens (tertiary/aromatic N) is 4. The maximum absolute atomic E-state index is 13.3. The summed E-state index contributed by atoms with van der Waals surface area (Å²) in [7, 11) is 0. The van der Waals surface area contributed by atoms with Crippen LogP contribution in [0.4, 0.5) is 9.18 Å². The number of amides is 3. The van der Waals surface area contributed by atoms with Crippen molar-refractivity contribution in [2.24, 2.45) is 0 Å². The molecule has 2 aliphatic rings. The van der Waals surface area contributed by atoms with Gasteiger partial charge in [0, 0.05) is 12.4 Å². The van der Waals surface area contributed by atoms with Crippen LogP contribution in [0.1, 0.15) is 12.6 Å². The zero-order valence-electron chi connectivity index (χ0n) is 13.7. The molecule has 11 heteroatoms. The molecule has 3 rings (SSSR count). The molecule has 1 unspecified atom stereocenters. The Morgan fingerprint density at radius 2 is 2.27 bits per heavy atom. The number of hydroxylamine groups is 2. The fourth-order valence-electron chi connectivity index (χ4n) is 2.91. The van der Waals surface area contributed by atoms with Gasteiger partial charge < -0.3 is 15.3 Å². The van der Waals surface area contributed by atoms with Gasteiger partial charge in [0.15, 0.2) is 0 Å². The number of hydrogen-bond donors (Lipinski definition) is 2. The number of carbonyl (C=O) groups is 3. The molecule has 26 heavy (non-hydrogen) atoms. The zero-order chi connectivity index (χ0) is 18.8. The molecular weight excluding hydrogens is 349 g/mol. The lowest BCUT2D eigenvalue weighted by Gasteiger charge is -2.29. The monoisotopic (exact) mass is 365 g/mol. The Hall–Kier alpha value is -3.08. The predicted molar refractivity (Wildman–Crippen MR) is 82.8 cm³/mol. The van der Waals surface area contributed by atoms with Crippen LogP contribution >= 0.6 is 0 Å². The number of carboxylic acids is 1. The summed E-state index contributed by atoms with van der Waals surface area (Å²) in [5.74, 6) is -2.28. The van der Waals surface area contributed by atoms with Gasteiger partial charge in [-0.15, -0.1) is 0 Å². The van der Waals surface area contributed by atoms with E-state index >= 15 is 0 Å². The molecule has 10 nitrogen and oxygen atoms in total. The topological polar surface area (TPSA) is 125 Å². The first-order valence-electron chi connectivity index (χ1n) is 7.73. The maximum atomic E-state index is 13.3. The predicted octanol–water partition coefficient (Wildman–Crippen LogP) is -0.161. The Kier molecular flexibility index (Phi) is 4.80. The molecule has 2 bridgehead atoms. The quantitative estimate of drug-likeness (QED) is 0.671. The molecule has 3 heterocycles. The van der Waals surface area contributed by atoms with E-state index in [9.17, 15) is 18.8 Å². The second-order valence-corrected chi connectivity index (χ2v) is 5.82. The Morgan fingerprint density at radius 3 is 2.92 bits per heavy atom. The molecule has 1 saturated heterocycles. The van der Waals surface area contributed by atoms with Crippen molar-refractivity contribution in [2.75, 3.05) is 6.54 Å². The van der Waals surface area contributed by atoms with Gasteiger partial charge in [-0.05, 0) is 12.5 Å². The van der Waals surface area contributed by atoms with Crippen molar-refractivity contribution in [2.45, 2.75) is 31.9 Å². The van der Waals surface area contributed by atoms with Crippen LogP contribution in [0, 0.1) is 0 Å². The van der Waals surface area contributed by atoms with Crippen molar-refractivity contribution in [3.8, 4) is 0 Å². The summed E-state index contributed by atoms with van der Waals surface area (Å²) in [4.78, 5) is 49.3. The summed E-state index contributed by atoms with van der Waals surface area (Å²) < 4.78 is 13.3. The SMILES string of the molecule is CC1=C[C@H]2CN(C(=O)N2OC(F)C(=O)O)[C@@H]1C(=O)NCc1cnccn1. The Bertz CT molecular complexity index is 758. The van der Waals surface area contributed by atoms with E-state index < -0.39 is 36.3 Å². The van der Waals surface area contributed by atoms with E-state index in [0.29, 0.717) is 16.3 Å². The molecule has 2 N–H and O–H groups in total. The number of alkyl halides is 1. The number of urea groups is 1. The second-order valence-electron chi connectivity index (χ2n) is 5.82. The van der Waals surface area contributed by atoms with Gasteiger partial charge in [0.1, 0.15) is 6.04 Å². The van der Waals surface area contributed by atoms with Gasteiger partial charge >= 0.3 is 18.4 Å². The molecule has 0 radical (unpaired) electrons. The maximum Gasteiger partial charge on any atom is 0.368 e. The van der Waals surface area contributed by atoms with Gasteiger partial charge in [0.2, 0.25) is 5.91 Å². The van der Waals surface area contributed by atoms with Crippen molar-refractivity contribution >= 4 is 17.9 Å². The molecule has 1 aromatic rings. The van der Waals surface area contributed by atoms with Gasteiger partial charge in [0.25, 0.3) is 0 Å². The summed E-state index contributed by atoms with van der Waals surface area (Å²) in [6.07, 6.45) is 3.42. The zero-order valence-corrected chi connectivity index (χ0v) is 13.7. The molecule has 0 aromatic carbocycles. The molecular formula is C15H16FN5O5. The Labute approximate surface area is 147 Å². The van der Waals surface area contributed by atoms with E-state index in [1.54, 1.807) is 13.0 Å². The number of fused-ring (bicyclic) bond motifs is 2. The first-order chi connectivity index (χ1) is 12.4. The summed E-state index contributed by atoms with van der Waals surface area (Å²) in [6.45, 7) is 1.88. The van der Waals surface area contributed by atoms with E-state index in [4.69, 9.17) is 5.11 Å². The lowest BCUT2D eigenvalue weighted by molar-refractivity contribution is -0.219. The number of carboxylic acid groups (broad SMARTS) is 1. The van der Waals surface area contributed by atoms with Crippen molar-refractivity contribution in [1.29, 1.82) is 0 Å². The van der Waals surface area contributed by atoms with Crippen LogP contribution in [0.3, 0.4) is 0 Å².